The molecule has 6 nitrogen and oxygen atoms in total. The van der Waals surface area contributed by atoms with Crippen molar-refractivity contribution in [3.8, 4) is 0 Å². The van der Waals surface area contributed by atoms with Crippen LogP contribution in [-0.2, 0) is 4.74 Å². The highest BCUT2D eigenvalue weighted by atomic mass is 16.5. The first-order valence-corrected chi connectivity index (χ1v) is 9.61. The molecule has 2 fully saturated rings. The molecule has 2 aliphatic rings. The number of carbonyl (C=O) groups is 1. The van der Waals surface area contributed by atoms with Gasteiger partial charge in [-0.25, -0.2) is 4.79 Å². The minimum Gasteiger partial charge on any atom is -0.450 e. The van der Waals surface area contributed by atoms with Gasteiger partial charge >= 0.3 is 6.09 Å². The van der Waals surface area contributed by atoms with E-state index in [2.05, 4.69) is 40.8 Å². The first-order chi connectivity index (χ1) is 11.5. The third-order valence-electron chi connectivity index (χ3n) is 5.57. The molecular formula is C18H36N4O2. The Labute approximate surface area is 147 Å². The number of piperidine rings is 1. The SMILES string of the molecule is CCOC(=O)NC1(CN2CCN(CC)CC2)CCN(C(C)C)CC1. The molecule has 0 aromatic carbocycles. The summed E-state index contributed by atoms with van der Waals surface area (Å²) >= 11 is 0. The molecule has 140 valence electrons. The molecule has 0 aliphatic carbocycles. The standard InChI is InChI=1S/C18H36N4O2/c1-5-20-11-13-21(14-12-20)15-18(19-17(23)24-6-2)7-9-22(10-8-18)16(3)4/h16H,5-15H2,1-4H3,(H,19,23). The average molecular weight is 341 g/mol. The summed E-state index contributed by atoms with van der Waals surface area (Å²) in [7, 11) is 0. The van der Waals surface area contributed by atoms with Gasteiger partial charge in [-0.2, -0.15) is 0 Å². The van der Waals surface area contributed by atoms with Crippen LogP contribution >= 0.6 is 0 Å². The summed E-state index contributed by atoms with van der Waals surface area (Å²) in [6, 6.07) is 0.568. The second kappa shape index (κ2) is 9.02. The van der Waals surface area contributed by atoms with Crippen molar-refractivity contribution in [3.05, 3.63) is 0 Å². The summed E-state index contributed by atoms with van der Waals surface area (Å²) in [6.07, 6.45) is 1.73. The van der Waals surface area contributed by atoms with E-state index >= 15 is 0 Å². The van der Waals surface area contributed by atoms with E-state index in [9.17, 15) is 4.79 Å². The van der Waals surface area contributed by atoms with Crippen molar-refractivity contribution in [2.75, 3.05) is 59.0 Å². The van der Waals surface area contributed by atoms with E-state index < -0.39 is 0 Å². The van der Waals surface area contributed by atoms with Gasteiger partial charge in [0.2, 0.25) is 0 Å². The molecular weight excluding hydrogens is 304 g/mol. The van der Waals surface area contributed by atoms with Crippen molar-refractivity contribution in [3.63, 3.8) is 0 Å². The van der Waals surface area contributed by atoms with Gasteiger partial charge in [0.1, 0.15) is 0 Å². The fourth-order valence-electron chi connectivity index (χ4n) is 3.87. The lowest BCUT2D eigenvalue weighted by molar-refractivity contribution is 0.0519. The van der Waals surface area contributed by atoms with Crippen LogP contribution in [0.1, 0.15) is 40.5 Å². The number of hydrogen-bond acceptors (Lipinski definition) is 5. The molecule has 6 heteroatoms. The molecule has 2 aliphatic heterocycles. The van der Waals surface area contributed by atoms with Crippen molar-refractivity contribution in [1.82, 2.24) is 20.0 Å². The number of likely N-dealkylation sites (tertiary alicyclic amines) is 1. The first-order valence-electron chi connectivity index (χ1n) is 9.61. The second-order valence-corrected chi connectivity index (χ2v) is 7.47. The topological polar surface area (TPSA) is 48.1 Å². The number of nitrogens with one attached hydrogen (secondary N) is 1. The van der Waals surface area contributed by atoms with Crippen LogP contribution in [0.4, 0.5) is 4.79 Å². The van der Waals surface area contributed by atoms with Crippen LogP contribution in [0.5, 0.6) is 0 Å². The van der Waals surface area contributed by atoms with Gasteiger partial charge < -0.3 is 19.9 Å². The minimum atomic E-state index is -0.261. The zero-order chi connectivity index (χ0) is 17.6. The first kappa shape index (κ1) is 19.5. The fraction of sp³-hybridized carbons (Fsp3) is 0.944. The van der Waals surface area contributed by atoms with Gasteiger partial charge in [0.15, 0.2) is 0 Å². The van der Waals surface area contributed by atoms with Crippen LogP contribution < -0.4 is 5.32 Å². The maximum Gasteiger partial charge on any atom is 0.407 e. The molecule has 2 heterocycles. The van der Waals surface area contributed by atoms with Crippen LogP contribution in [-0.4, -0.2) is 91.3 Å². The van der Waals surface area contributed by atoms with E-state index in [0.717, 1.165) is 65.2 Å². The van der Waals surface area contributed by atoms with Crippen LogP contribution in [0.2, 0.25) is 0 Å². The largest absolute Gasteiger partial charge is 0.450 e. The zero-order valence-corrected chi connectivity index (χ0v) is 16.0. The van der Waals surface area contributed by atoms with Gasteiger partial charge in [-0.1, -0.05) is 6.92 Å². The van der Waals surface area contributed by atoms with Crippen LogP contribution in [0.15, 0.2) is 0 Å². The van der Waals surface area contributed by atoms with Crippen LogP contribution in [0.3, 0.4) is 0 Å². The summed E-state index contributed by atoms with van der Waals surface area (Å²) in [5.74, 6) is 0. The maximum atomic E-state index is 12.1. The van der Waals surface area contributed by atoms with E-state index in [-0.39, 0.29) is 11.6 Å². The third kappa shape index (κ3) is 5.33. The highest BCUT2D eigenvalue weighted by molar-refractivity contribution is 5.68. The molecule has 0 unspecified atom stereocenters. The average Bonchev–Trinajstić information content (AvgIpc) is 2.56. The summed E-state index contributed by atoms with van der Waals surface area (Å²) in [4.78, 5) is 19.6. The molecule has 1 amide bonds. The van der Waals surface area contributed by atoms with Gasteiger partial charge in [-0.3, -0.25) is 4.90 Å². The number of ether oxygens (including phenoxy) is 1. The molecule has 2 rings (SSSR count). The molecule has 1 N–H and O–H groups in total. The van der Waals surface area contributed by atoms with Crippen molar-refractivity contribution in [2.45, 2.75) is 52.1 Å². The number of hydrogen-bond donors (Lipinski definition) is 1. The van der Waals surface area contributed by atoms with Gasteiger partial charge in [-0.15, -0.1) is 0 Å². The molecule has 0 atom stereocenters. The number of likely N-dealkylation sites (N-methyl/N-ethyl adjacent to an activating group) is 1. The Balaban J connectivity index is 1.97. The highest BCUT2D eigenvalue weighted by Crippen LogP contribution is 2.25. The Hall–Kier alpha value is -0.850. The maximum absolute atomic E-state index is 12.1. The Morgan fingerprint density at radius 2 is 1.62 bits per heavy atom. The Morgan fingerprint density at radius 3 is 2.12 bits per heavy atom. The summed E-state index contributed by atoms with van der Waals surface area (Å²) in [5.41, 5.74) is -0.147. The third-order valence-corrected chi connectivity index (χ3v) is 5.57. The van der Waals surface area contributed by atoms with Crippen LogP contribution in [0.25, 0.3) is 0 Å². The lowest BCUT2D eigenvalue weighted by Crippen LogP contribution is -2.62. The van der Waals surface area contributed by atoms with E-state index in [0.29, 0.717) is 12.6 Å². The summed E-state index contributed by atoms with van der Waals surface area (Å²) < 4.78 is 5.18. The number of amides is 1. The molecule has 0 radical (unpaired) electrons. The van der Waals surface area contributed by atoms with Crippen molar-refractivity contribution < 1.29 is 9.53 Å². The van der Waals surface area contributed by atoms with Gasteiger partial charge in [0.25, 0.3) is 0 Å². The predicted octanol–water partition coefficient (Wildman–Crippen LogP) is 1.61. The lowest BCUT2D eigenvalue weighted by Gasteiger charge is -2.47. The zero-order valence-electron chi connectivity index (χ0n) is 16.0. The second-order valence-electron chi connectivity index (χ2n) is 7.47. The van der Waals surface area contributed by atoms with Crippen molar-refractivity contribution in [2.24, 2.45) is 0 Å². The predicted molar refractivity (Wildman–Crippen MR) is 97.4 cm³/mol. The molecule has 0 spiro atoms. The normalized spacial score (nSPS) is 23.4. The van der Waals surface area contributed by atoms with E-state index in [1.165, 1.54) is 0 Å². The van der Waals surface area contributed by atoms with E-state index in [4.69, 9.17) is 4.74 Å². The number of alkyl carbamates (subject to hydrolysis) is 1. The molecule has 0 saturated carbocycles. The van der Waals surface area contributed by atoms with Gasteiger partial charge in [0, 0.05) is 51.9 Å². The molecule has 0 aromatic rings. The van der Waals surface area contributed by atoms with E-state index in [1.807, 2.05) is 6.92 Å². The quantitative estimate of drug-likeness (QED) is 0.796. The Kier molecular flexibility index (Phi) is 7.32. The molecule has 0 aromatic heterocycles. The van der Waals surface area contributed by atoms with E-state index in [1.54, 1.807) is 0 Å². The Morgan fingerprint density at radius 1 is 1.04 bits per heavy atom. The number of nitrogens with zero attached hydrogens (tertiary/aromatic N) is 3. The highest BCUT2D eigenvalue weighted by Gasteiger charge is 2.38. The number of rotatable bonds is 6. The van der Waals surface area contributed by atoms with Crippen molar-refractivity contribution >= 4 is 6.09 Å². The molecule has 2 saturated heterocycles. The fourth-order valence-corrected chi connectivity index (χ4v) is 3.87. The molecule has 24 heavy (non-hydrogen) atoms. The number of piperazine rings is 1. The minimum absolute atomic E-state index is 0.147. The monoisotopic (exact) mass is 340 g/mol. The van der Waals surface area contributed by atoms with Gasteiger partial charge in [0.05, 0.1) is 12.1 Å². The summed E-state index contributed by atoms with van der Waals surface area (Å²) in [6.45, 7) is 17.6. The van der Waals surface area contributed by atoms with Crippen LogP contribution in [0, 0.1) is 0 Å². The Bertz CT molecular complexity index is 386. The lowest BCUT2D eigenvalue weighted by atomic mass is 9.86. The smallest absolute Gasteiger partial charge is 0.407 e. The molecule has 0 bridgehead atoms. The van der Waals surface area contributed by atoms with Gasteiger partial charge in [-0.05, 0) is 40.2 Å². The number of carbonyl (C=O) groups excluding carboxylic acids is 1. The van der Waals surface area contributed by atoms with Crippen molar-refractivity contribution in [1.29, 1.82) is 0 Å². The summed E-state index contributed by atoms with van der Waals surface area (Å²) in [5, 5.41) is 3.22.